The quantitative estimate of drug-likeness (QED) is 0.753. The Balaban J connectivity index is 1.77. The van der Waals surface area contributed by atoms with Crippen LogP contribution in [0.3, 0.4) is 0 Å². The van der Waals surface area contributed by atoms with Gasteiger partial charge in [-0.1, -0.05) is 6.92 Å². The molecule has 1 saturated heterocycles. The molecule has 5 heteroatoms. The summed E-state index contributed by atoms with van der Waals surface area (Å²) >= 11 is 0. The Morgan fingerprint density at radius 1 is 1.40 bits per heavy atom. The Bertz CT molecular complexity index is 231. The fourth-order valence-electron chi connectivity index (χ4n) is 1.92. The lowest BCUT2D eigenvalue weighted by Gasteiger charge is -2.34. The van der Waals surface area contributed by atoms with Crippen LogP contribution in [0.1, 0.15) is 19.8 Å². The van der Waals surface area contributed by atoms with Gasteiger partial charge in [0.05, 0.1) is 0 Å². The first-order chi connectivity index (χ1) is 6.95. The van der Waals surface area contributed by atoms with Crippen molar-refractivity contribution in [2.75, 3.05) is 19.6 Å². The van der Waals surface area contributed by atoms with E-state index in [9.17, 15) is 13.2 Å². The number of hydrogen-bond acceptors (Lipinski definition) is 2. The SMILES string of the molecule is CC(CNC1(C(F)(F)F)CC1)C1CNC1. The van der Waals surface area contributed by atoms with Crippen LogP contribution < -0.4 is 10.6 Å². The van der Waals surface area contributed by atoms with Crippen molar-refractivity contribution in [3.05, 3.63) is 0 Å². The Morgan fingerprint density at radius 2 is 2.00 bits per heavy atom. The predicted molar refractivity (Wildman–Crippen MR) is 51.5 cm³/mol. The van der Waals surface area contributed by atoms with Crippen LogP contribution >= 0.6 is 0 Å². The summed E-state index contributed by atoms with van der Waals surface area (Å²) in [6.07, 6.45) is -3.59. The van der Waals surface area contributed by atoms with Crippen molar-refractivity contribution in [3.8, 4) is 0 Å². The van der Waals surface area contributed by atoms with E-state index in [4.69, 9.17) is 0 Å². The number of nitrogens with one attached hydrogen (secondary N) is 2. The van der Waals surface area contributed by atoms with Crippen molar-refractivity contribution in [1.29, 1.82) is 0 Å². The molecule has 0 amide bonds. The second-order valence-corrected chi connectivity index (χ2v) is 4.86. The van der Waals surface area contributed by atoms with Crippen molar-refractivity contribution in [1.82, 2.24) is 10.6 Å². The number of halogens is 3. The van der Waals surface area contributed by atoms with E-state index in [1.807, 2.05) is 6.92 Å². The second kappa shape index (κ2) is 3.63. The maximum absolute atomic E-state index is 12.6. The smallest absolute Gasteiger partial charge is 0.316 e. The summed E-state index contributed by atoms with van der Waals surface area (Å²) in [5, 5.41) is 5.84. The third-order valence-electron chi connectivity index (χ3n) is 3.67. The first kappa shape index (κ1) is 11.2. The van der Waals surface area contributed by atoms with Crippen LogP contribution in [0.2, 0.25) is 0 Å². The van der Waals surface area contributed by atoms with Gasteiger partial charge in [-0.2, -0.15) is 13.2 Å². The molecule has 2 aliphatic rings. The molecule has 0 bridgehead atoms. The van der Waals surface area contributed by atoms with Crippen molar-refractivity contribution in [3.63, 3.8) is 0 Å². The van der Waals surface area contributed by atoms with Gasteiger partial charge in [0.1, 0.15) is 5.54 Å². The van der Waals surface area contributed by atoms with Crippen LogP contribution in [0.4, 0.5) is 13.2 Å². The average molecular weight is 222 g/mol. The molecule has 2 rings (SSSR count). The summed E-state index contributed by atoms with van der Waals surface area (Å²) in [5.41, 5.74) is -1.54. The average Bonchev–Trinajstić information content (AvgIpc) is 2.75. The van der Waals surface area contributed by atoms with E-state index >= 15 is 0 Å². The highest BCUT2D eigenvalue weighted by Gasteiger charge is 2.63. The molecule has 0 aromatic heterocycles. The lowest BCUT2D eigenvalue weighted by Crippen LogP contribution is -2.51. The summed E-state index contributed by atoms with van der Waals surface area (Å²) in [7, 11) is 0. The van der Waals surface area contributed by atoms with Gasteiger partial charge in [0.15, 0.2) is 0 Å². The van der Waals surface area contributed by atoms with Gasteiger partial charge in [0.2, 0.25) is 0 Å². The zero-order valence-corrected chi connectivity index (χ0v) is 8.82. The number of rotatable bonds is 4. The van der Waals surface area contributed by atoms with E-state index in [1.54, 1.807) is 0 Å². The van der Waals surface area contributed by atoms with Crippen molar-refractivity contribution in [2.24, 2.45) is 11.8 Å². The van der Waals surface area contributed by atoms with E-state index in [-0.39, 0.29) is 12.8 Å². The molecule has 1 atom stereocenters. The molecule has 1 aliphatic carbocycles. The fraction of sp³-hybridized carbons (Fsp3) is 1.00. The molecule has 2 nitrogen and oxygen atoms in total. The number of alkyl halides is 3. The Hall–Kier alpha value is -0.290. The summed E-state index contributed by atoms with van der Waals surface area (Å²) in [4.78, 5) is 0. The van der Waals surface area contributed by atoms with Gasteiger partial charge in [0, 0.05) is 0 Å². The number of hydrogen-bond donors (Lipinski definition) is 2. The predicted octanol–water partition coefficient (Wildman–Crippen LogP) is 1.53. The van der Waals surface area contributed by atoms with E-state index < -0.39 is 11.7 Å². The molecule has 1 aliphatic heterocycles. The highest BCUT2D eigenvalue weighted by molar-refractivity contribution is 5.08. The zero-order chi connectivity index (χ0) is 11.1. The summed E-state index contributed by atoms with van der Waals surface area (Å²) in [5.74, 6) is 0.868. The molecule has 0 spiro atoms. The zero-order valence-electron chi connectivity index (χ0n) is 8.82. The van der Waals surface area contributed by atoms with Gasteiger partial charge in [-0.15, -0.1) is 0 Å². The Labute approximate surface area is 87.6 Å². The normalized spacial score (nSPS) is 27.2. The lowest BCUT2D eigenvalue weighted by molar-refractivity contribution is -0.166. The van der Waals surface area contributed by atoms with Crippen LogP contribution in [0.5, 0.6) is 0 Å². The van der Waals surface area contributed by atoms with Crippen molar-refractivity contribution >= 4 is 0 Å². The van der Waals surface area contributed by atoms with Crippen LogP contribution in [-0.4, -0.2) is 31.3 Å². The van der Waals surface area contributed by atoms with Crippen molar-refractivity contribution < 1.29 is 13.2 Å². The topological polar surface area (TPSA) is 24.1 Å². The molecule has 1 heterocycles. The first-order valence-electron chi connectivity index (χ1n) is 5.47. The Kier molecular flexibility index (Phi) is 2.71. The van der Waals surface area contributed by atoms with Gasteiger partial charge in [-0.25, -0.2) is 0 Å². The van der Waals surface area contributed by atoms with Crippen LogP contribution in [-0.2, 0) is 0 Å². The first-order valence-corrected chi connectivity index (χ1v) is 5.47. The van der Waals surface area contributed by atoms with Crippen LogP contribution in [0.25, 0.3) is 0 Å². The molecule has 0 aromatic rings. The monoisotopic (exact) mass is 222 g/mol. The minimum absolute atomic E-state index is 0.242. The lowest BCUT2D eigenvalue weighted by atomic mass is 9.89. The van der Waals surface area contributed by atoms with Gasteiger partial charge >= 0.3 is 6.18 Å². The largest absolute Gasteiger partial charge is 0.406 e. The maximum Gasteiger partial charge on any atom is 0.406 e. The minimum atomic E-state index is -4.08. The van der Waals surface area contributed by atoms with Crippen molar-refractivity contribution in [2.45, 2.75) is 31.5 Å². The molecule has 2 fully saturated rings. The highest BCUT2D eigenvalue weighted by atomic mass is 19.4. The van der Waals surface area contributed by atoms with E-state index in [1.165, 1.54) is 0 Å². The standard InChI is InChI=1S/C10H17F3N2/c1-7(8-5-14-6-8)4-15-9(2-3-9)10(11,12)13/h7-8,14-15H,2-6H2,1H3. The molecule has 0 radical (unpaired) electrons. The third-order valence-corrected chi connectivity index (χ3v) is 3.67. The van der Waals surface area contributed by atoms with Gasteiger partial charge < -0.3 is 10.6 Å². The van der Waals surface area contributed by atoms with E-state index in [2.05, 4.69) is 10.6 Å². The van der Waals surface area contributed by atoms with Gasteiger partial charge in [0.25, 0.3) is 0 Å². The fourth-order valence-corrected chi connectivity index (χ4v) is 1.92. The molecule has 2 N–H and O–H groups in total. The van der Waals surface area contributed by atoms with E-state index in [0.29, 0.717) is 18.4 Å². The molecular formula is C10H17F3N2. The van der Waals surface area contributed by atoms with E-state index in [0.717, 1.165) is 13.1 Å². The molecule has 15 heavy (non-hydrogen) atoms. The molecule has 1 unspecified atom stereocenters. The third kappa shape index (κ3) is 2.13. The minimum Gasteiger partial charge on any atom is -0.316 e. The molecular weight excluding hydrogens is 205 g/mol. The summed E-state index contributed by atoms with van der Waals surface area (Å²) in [6.45, 7) is 4.39. The molecule has 0 aromatic carbocycles. The summed E-state index contributed by atoms with van der Waals surface area (Å²) < 4.78 is 37.7. The van der Waals surface area contributed by atoms with Gasteiger partial charge in [-0.3, -0.25) is 0 Å². The van der Waals surface area contributed by atoms with Gasteiger partial charge in [-0.05, 0) is 44.3 Å². The van der Waals surface area contributed by atoms with Crippen LogP contribution in [0, 0.1) is 11.8 Å². The maximum atomic E-state index is 12.6. The Morgan fingerprint density at radius 3 is 2.33 bits per heavy atom. The summed E-state index contributed by atoms with van der Waals surface area (Å²) in [6, 6.07) is 0. The molecule has 1 saturated carbocycles. The second-order valence-electron chi connectivity index (χ2n) is 4.86. The molecule has 88 valence electrons. The highest BCUT2D eigenvalue weighted by Crippen LogP contribution is 2.48. The van der Waals surface area contributed by atoms with Crippen LogP contribution in [0.15, 0.2) is 0 Å².